The molecule has 0 bridgehead atoms. The van der Waals surface area contributed by atoms with E-state index in [0.717, 1.165) is 24.0 Å². The number of Topliss-reactive ketones (excluding diaryl/α,β-unsaturated/α-hetero) is 1. The number of rotatable bonds is 7. The van der Waals surface area contributed by atoms with E-state index in [9.17, 15) is 14.7 Å². The predicted octanol–water partition coefficient (Wildman–Crippen LogP) is 4.23. The predicted molar refractivity (Wildman–Crippen MR) is 115 cm³/mol. The second-order valence-corrected chi connectivity index (χ2v) is 7.24. The fourth-order valence-electron chi connectivity index (χ4n) is 3.88. The van der Waals surface area contributed by atoms with E-state index < -0.39 is 17.7 Å². The van der Waals surface area contributed by atoms with Crippen molar-refractivity contribution in [3.05, 3.63) is 64.7 Å². The van der Waals surface area contributed by atoms with Crippen LogP contribution in [0.4, 0.5) is 0 Å². The van der Waals surface area contributed by atoms with Gasteiger partial charge in [-0.25, -0.2) is 0 Å². The molecule has 6 nitrogen and oxygen atoms in total. The van der Waals surface area contributed by atoms with Crippen molar-refractivity contribution in [2.45, 2.75) is 32.7 Å². The van der Waals surface area contributed by atoms with Crippen molar-refractivity contribution in [3.8, 4) is 11.5 Å². The van der Waals surface area contributed by atoms with Crippen molar-refractivity contribution < 1.29 is 24.2 Å². The lowest BCUT2D eigenvalue weighted by Gasteiger charge is -2.26. The molecule has 2 aromatic rings. The number of hydrogen-bond acceptors (Lipinski definition) is 5. The Morgan fingerprint density at radius 3 is 2.23 bits per heavy atom. The Morgan fingerprint density at radius 1 is 1.03 bits per heavy atom. The maximum atomic E-state index is 13.1. The van der Waals surface area contributed by atoms with Gasteiger partial charge in [-0.05, 0) is 36.6 Å². The molecular formula is C24H27NO5. The molecule has 1 amide bonds. The molecule has 0 aromatic heterocycles. The summed E-state index contributed by atoms with van der Waals surface area (Å²) in [6, 6.07) is 12.0. The number of likely N-dealkylation sites (tertiary alicyclic amines) is 1. The van der Waals surface area contributed by atoms with Gasteiger partial charge in [0.1, 0.15) is 22.8 Å². The molecule has 6 heteroatoms. The molecule has 1 unspecified atom stereocenters. The molecule has 1 N–H and O–H groups in total. The molecule has 1 fully saturated rings. The summed E-state index contributed by atoms with van der Waals surface area (Å²) in [4.78, 5) is 27.6. The summed E-state index contributed by atoms with van der Waals surface area (Å²) in [5, 5.41) is 11.3. The number of benzene rings is 2. The molecule has 1 saturated heterocycles. The molecular weight excluding hydrogens is 382 g/mol. The minimum Gasteiger partial charge on any atom is -0.506 e. The number of aryl methyl sites for hydroxylation is 1. The first kappa shape index (κ1) is 21.4. The number of unbranched alkanes of at least 4 members (excludes halogenated alkanes) is 1. The number of nitrogens with zero attached hydrogens (tertiary/aromatic N) is 1. The Morgan fingerprint density at radius 2 is 1.67 bits per heavy atom. The maximum absolute atomic E-state index is 13.1. The number of ether oxygens (including phenoxy) is 2. The molecule has 3 rings (SSSR count). The highest BCUT2D eigenvalue weighted by molar-refractivity contribution is 6.46. The summed E-state index contributed by atoms with van der Waals surface area (Å²) in [5.41, 5.74) is 2.05. The van der Waals surface area contributed by atoms with E-state index in [2.05, 4.69) is 0 Å². The largest absolute Gasteiger partial charge is 0.506 e. The highest BCUT2D eigenvalue weighted by Crippen LogP contribution is 2.44. The van der Waals surface area contributed by atoms with Gasteiger partial charge in [-0.3, -0.25) is 9.59 Å². The van der Waals surface area contributed by atoms with E-state index in [1.165, 1.54) is 14.2 Å². The molecule has 1 atom stereocenters. The first-order chi connectivity index (χ1) is 14.5. The van der Waals surface area contributed by atoms with E-state index in [-0.39, 0.29) is 16.9 Å². The van der Waals surface area contributed by atoms with Gasteiger partial charge < -0.3 is 19.5 Å². The average Bonchev–Trinajstić information content (AvgIpc) is 3.01. The standard InChI is InChI=1S/C24H27NO5/c1-5-6-14-25-21(16-11-8-7-10-15(16)2)20(23(27)24(25)28)22(26)19-17(29-3)12-9-13-18(19)30-4/h7-13,21,26H,5-6,14H2,1-4H3/b22-20+. The minimum atomic E-state index is -0.704. The molecule has 1 aliphatic heterocycles. The molecule has 1 heterocycles. The van der Waals surface area contributed by atoms with Crippen LogP contribution >= 0.6 is 0 Å². The maximum Gasteiger partial charge on any atom is 0.295 e. The lowest BCUT2D eigenvalue weighted by molar-refractivity contribution is -0.139. The van der Waals surface area contributed by atoms with E-state index in [4.69, 9.17) is 9.47 Å². The monoisotopic (exact) mass is 409 g/mol. The molecule has 158 valence electrons. The van der Waals surface area contributed by atoms with Crippen LogP contribution in [-0.4, -0.2) is 42.5 Å². The molecule has 30 heavy (non-hydrogen) atoms. The van der Waals surface area contributed by atoms with Gasteiger partial charge in [-0.15, -0.1) is 0 Å². The fraction of sp³-hybridized carbons (Fsp3) is 0.333. The highest BCUT2D eigenvalue weighted by Gasteiger charge is 2.46. The lowest BCUT2D eigenvalue weighted by Crippen LogP contribution is -2.30. The molecule has 2 aromatic carbocycles. The Bertz CT molecular complexity index is 973. The van der Waals surface area contributed by atoms with E-state index >= 15 is 0 Å². The summed E-state index contributed by atoms with van der Waals surface area (Å²) in [6.07, 6.45) is 1.64. The molecule has 1 aliphatic rings. The Labute approximate surface area is 176 Å². The van der Waals surface area contributed by atoms with Crippen LogP contribution in [0.2, 0.25) is 0 Å². The SMILES string of the molecule is CCCCN1C(=O)C(=O)/C(=C(/O)c2c(OC)cccc2OC)C1c1ccccc1C. The number of aliphatic hydroxyl groups is 1. The van der Waals surface area contributed by atoms with E-state index in [1.54, 1.807) is 23.1 Å². The van der Waals surface area contributed by atoms with Crippen LogP contribution in [0.1, 0.15) is 42.5 Å². The van der Waals surface area contributed by atoms with E-state index in [0.29, 0.717) is 18.0 Å². The van der Waals surface area contributed by atoms with Crippen LogP contribution in [0.3, 0.4) is 0 Å². The quantitative estimate of drug-likeness (QED) is 0.421. The number of ketones is 1. The van der Waals surface area contributed by atoms with Gasteiger partial charge in [0.05, 0.1) is 25.8 Å². The van der Waals surface area contributed by atoms with Crippen molar-refractivity contribution >= 4 is 17.4 Å². The lowest BCUT2D eigenvalue weighted by atomic mass is 9.92. The number of amides is 1. The number of aliphatic hydroxyl groups excluding tert-OH is 1. The van der Waals surface area contributed by atoms with Crippen LogP contribution in [-0.2, 0) is 9.59 Å². The average molecular weight is 409 g/mol. The number of carbonyl (C=O) groups excluding carboxylic acids is 2. The summed E-state index contributed by atoms with van der Waals surface area (Å²) >= 11 is 0. The van der Waals surface area contributed by atoms with Gasteiger partial charge in [-0.1, -0.05) is 43.7 Å². The zero-order valence-corrected chi connectivity index (χ0v) is 17.8. The molecule has 0 spiro atoms. The van der Waals surface area contributed by atoms with Gasteiger partial charge in [0.2, 0.25) is 0 Å². The third-order valence-electron chi connectivity index (χ3n) is 5.44. The topological polar surface area (TPSA) is 76.1 Å². The number of methoxy groups -OCH3 is 2. The Hall–Kier alpha value is -3.28. The van der Waals surface area contributed by atoms with Gasteiger partial charge in [-0.2, -0.15) is 0 Å². The van der Waals surface area contributed by atoms with Crippen LogP contribution in [0.25, 0.3) is 5.76 Å². The summed E-state index contributed by atoms with van der Waals surface area (Å²) in [7, 11) is 2.95. The van der Waals surface area contributed by atoms with Gasteiger partial charge in [0.15, 0.2) is 0 Å². The van der Waals surface area contributed by atoms with Crippen molar-refractivity contribution in [3.63, 3.8) is 0 Å². The van der Waals surface area contributed by atoms with Crippen LogP contribution < -0.4 is 9.47 Å². The van der Waals surface area contributed by atoms with Crippen molar-refractivity contribution in [2.75, 3.05) is 20.8 Å². The van der Waals surface area contributed by atoms with Gasteiger partial charge >= 0.3 is 0 Å². The van der Waals surface area contributed by atoms with Crippen molar-refractivity contribution in [1.29, 1.82) is 0 Å². The summed E-state index contributed by atoms with van der Waals surface area (Å²) in [6.45, 7) is 4.39. The minimum absolute atomic E-state index is 0.0493. The molecule has 0 radical (unpaired) electrons. The molecule has 0 saturated carbocycles. The van der Waals surface area contributed by atoms with Crippen LogP contribution in [0, 0.1) is 6.92 Å². The third kappa shape index (κ3) is 3.65. The first-order valence-electron chi connectivity index (χ1n) is 10.0. The van der Waals surface area contributed by atoms with Crippen molar-refractivity contribution in [1.82, 2.24) is 4.90 Å². The van der Waals surface area contributed by atoms with Gasteiger partial charge in [0, 0.05) is 6.54 Å². The fourth-order valence-corrected chi connectivity index (χ4v) is 3.88. The number of hydrogen-bond donors (Lipinski definition) is 1. The summed E-state index contributed by atoms with van der Waals surface area (Å²) < 4.78 is 10.8. The smallest absolute Gasteiger partial charge is 0.295 e. The summed E-state index contributed by atoms with van der Waals surface area (Å²) in [5.74, 6) is -0.892. The van der Waals surface area contributed by atoms with Crippen LogP contribution in [0.5, 0.6) is 11.5 Å². The Balaban J connectivity index is 2.29. The van der Waals surface area contributed by atoms with E-state index in [1.807, 2.05) is 38.1 Å². The third-order valence-corrected chi connectivity index (χ3v) is 5.44. The molecule has 0 aliphatic carbocycles. The van der Waals surface area contributed by atoms with Gasteiger partial charge in [0.25, 0.3) is 11.7 Å². The second-order valence-electron chi connectivity index (χ2n) is 7.24. The normalized spacial score (nSPS) is 18.0. The zero-order valence-electron chi connectivity index (χ0n) is 17.8. The first-order valence-corrected chi connectivity index (χ1v) is 10.0. The zero-order chi connectivity index (χ0) is 21.8. The highest BCUT2D eigenvalue weighted by atomic mass is 16.5. The van der Waals surface area contributed by atoms with Crippen molar-refractivity contribution in [2.24, 2.45) is 0 Å². The number of carbonyl (C=O) groups is 2. The van der Waals surface area contributed by atoms with Crippen LogP contribution in [0.15, 0.2) is 48.0 Å². The Kier molecular flexibility index (Phi) is 6.45. The second kappa shape index (κ2) is 9.03.